The number of hydrogen-bond acceptors (Lipinski definition) is 8. The Hall–Kier alpha value is -3.17. The molecule has 4 atom stereocenters. The van der Waals surface area contributed by atoms with E-state index in [1.807, 2.05) is 9.80 Å². The van der Waals surface area contributed by atoms with E-state index < -0.39 is 62.2 Å². The van der Waals surface area contributed by atoms with Gasteiger partial charge in [-0.2, -0.15) is 23.1 Å². The Morgan fingerprint density at radius 2 is 1.80 bits per heavy atom. The molecular formula is C30H29ClF7N7O. The van der Waals surface area contributed by atoms with Gasteiger partial charge in [-0.1, -0.05) is 11.6 Å². The van der Waals surface area contributed by atoms with Gasteiger partial charge in [-0.05, 0) is 44.7 Å². The Morgan fingerprint density at radius 3 is 2.48 bits per heavy atom. The molecule has 5 fully saturated rings. The molecule has 0 unspecified atom stereocenters. The van der Waals surface area contributed by atoms with Gasteiger partial charge in [-0.15, -0.1) is 0 Å². The van der Waals surface area contributed by atoms with Crippen molar-refractivity contribution >= 4 is 34.0 Å². The van der Waals surface area contributed by atoms with Gasteiger partial charge in [-0.25, -0.2) is 17.6 Å². The number of piperazine rings is 1. The average molecular weight is 672 g/mol. The van der Waals surface area contributed by atoms with Gasteiger partial charge in [0.05, 0.1) is 32.6 Å². The molecule has 4 saturated heterocycles. The lowest BCUT2D eigenvalue weighted by atomic mass is 9.89. The third-order valence-electron chi connectivity index (χ3n) is 10.5. The van der Waals surface area contributed by atoms with E-state index in [2.05, 4.69) is 20.3 Å². The number of rotatable bonds is 5. The van der Waals surface area contributed by atoms with E-state index in [0.717, 1.165) is 19.3 Å². The molecule has 246 valence electrons. The summed E-state index contributed by atoms with van der Waals surface area (Å²) >= 11 is 5.75. The van der Waals surface area contributed by atoms with Crippen LogP contribution in [0, 0.1) is 17.0 Å². The molecule has 1 saturated carbocycles. The molecule has 3 N–H and O–H groups in total. The minimum atomic E-state index is -5.17. The molecule has 1 aromatic carbocycles. The van der Waals surface area contributed by atoms with Crippen LogP contribution in [0.15, 0.2) is 12.3 Å². The number of anilines is 2. The fourth-order valence-electron chi connectivity index (χ4n) is 8.24. The molecular weight excluding hydrogens is 643 g/mol. The molecule has 4 aliphatic heterocycles. The van der Waals surface area contributed by atoms with Gasteiger partial charge in [0, 0.05) is 49.9 Å². The topological polar surface area (TPSA) is 92.4 Å². The summed E-state index contributed by atoms with van der Waals surface area (Å²) < 4.78 is 108. The lowest BCUT2D eigenvalue weighted by molar-refractivity contribution is -0.137. The van der Waals surface area contributed by atoms with Crippen LogP contribution in [0.25, 0.3) is 22.2 Å². The number of nitrogens with two attached hydrogens (primary N) is 1. The van der Waals surface area contributed by atoms with E-state index in [1.165, 1.54) is 6.20 Å². The summed E-state index contributed by atoms with van der Waals surface area (Å²) in [6.45, 7) is 1.98. The smallest absolute Gasteiger partial charge is 0.418 e. The number of nitrogens with one attached hydrogen (secondary N) is 1. The van der Waals surface area contributed by atoms with Crippen LogP contribution in [0.5, 0.6) is 6.01 Å². The van der Waals surface area contributed by atoms with Gasteiger partial charge in [0.25, 0.3) is 5.92 Å². The fourth-order valence-corrected chi connectivity index (χ4v) is 8.56. The number of pyridine rings is 1. The summed E-state index contributed by atoms with van der Waals surface area (Å²) in [5.74, 6) is -5.14. The average Bonchev–Trinajstić information content (AvgIpc) is 3.31. The van der Waals surface area contributed by atoms with Crippen molar-refractivity contribution in [1.29, 1.82) is 0 Å². The minimum Gasteiger partial charge on any atom is -0.461 e. The number of hydrogen-bond donors (Lipinski definition) is 2. The van der Waals surface area contributed by atoms with Gasteiger partial charge in [0.15, 0.2) is 11.6 Å². The van der Waals surface area contributed by atoms with E-state index in [-0.39, 0.29) is 55.0 Å². The van der Waals surface area contributed by atoms with Crippen molar-refractivity contribution in [3.8, 4) is 17.3 Å². The summed E-state index contributed by atoms with van der Waals surface area (Å²) in [7, 11) is 0. The second kappa shape index (κ2) is 9.92. The Bertz CT molecular complexity index is 1760. The monoisotopic (exact) mass is 671 g/mol. The van der Waals surface area contributed by atoms with Crippen LogP contribution in [-0.4, -0.2) is 76.2 Å². The number of fused-ring (bicyclic) bond motifs is 4. The van der Waals surface area contributed by atoms with Gasteiger partial charge in [-0.3, -0.25) is 9.88 Å². The molecule has 2 bridgehead atoms. The van der Waals surface area contributed by atoms with Crippen LogP contribution in [0.1, 0.15) is 44.1 Å². The maximum absolute atomic E-state index is 16.5. The molecule has 1 spiro atoms. The molecule has 5 aliphatic rings. The van der Waals surface area contributed by atoms with E-state index in [0.29, 0.717) is 37.9 Å². The molecule has 6 heterocycles. The number of ether oxygens (including phenoxy) is 1. The standard InChI is InChI=1S/C30H29ClF7N7O/c31-20-19(30(36,37)38)16(6-18(39)21(20)32)23-22(33)24-17(7-40-23)25(44-8-14-2-3-15(9-44)41-14)43-26(42-24)46-13-28-4-1-5-45(28)12-27(10-28)11-29(27,34)35/h6-7,14-15,41H,1-5,8-13,39H2/t14-,15+,27-,28-/m0/s1. The first-order valence-corrected chi connectivity index (χ1v) is 15.6. The summed E-state index contributed by atoms with van der Waals surface area (Å²) in [5.41, 5.74) is -0.446. The van der Waals surface area contributed by atoms with Crippen LogP contribution < -0.4 is 20.7 Å². The van der Waals surface area contributed by atoms with Gasteiger partial charge >= 0.3 is 12.2 Å². The highest BCUT2D eigenvalue weighted by Gasteiger charge is 2.77. The molecule has 8 nitrogen and oxygen atoms in total. The number of halogens is 8. The Kier molecular flexibility index (Phi) is 6.51. The van der Waals surface area contributed by atoms with Crippen LogP contribution in [0.3, 0.4) is 0 Å². The first kappa shape index (κ1) is 30.2. The van der Waals surface area contributed by atoms with Crippen molar-refractivity contribution in [2.24, 2.45) is 5.41 Å². The highest BCUT2D eigenvalue weighted by molar-refractivity contribution is 6.32. The SMILES string of the molecule is Nc1cc(-c2ncc3c(N4C[C@H]5CC[C@@H](C4)N5)nc(OC[C@@]45CCCN4C[C@@]4(CC4(F)F)C5)nc3c2F)c(C(F)(F)F)c(Cl)c1F. The van der Waals surface area contributed by atoms with E-state index in [9.17, 15) is 26.3 Å². The van der Waals surface area contributed by atoms with E-state index in [1.54, 1.807) is 0 Å². The number of nitrogen functional groups attached to an aromatic ring is 1. The first-order chi connectivity index (χ1) is 21.7. The van der Waals surface area contributed by atoms with Crippen molar-refractivity contribution in [2.45, 2.75) is 68.2 Å². The third-order valence-corrected chi connectivity index (χ3v) is 10.9. The molecule has 8 rings (SSSR count). The van der Waals surface area contributed by atoms with Crippen LogP contribution in [0.2, 0.25) is 5.02 Å². The summed E-state index contributed by atoms with van der Waals surface area (Å²) in [6, 6.07) is 0.725. The zero-order valence-electron chi connectivity index (χ0n) is 24.3. The van der Waals surface area contributed by atoms with Crippen LogP contribution in [-0.2, 0) is 6.18 Å². The lowest BCUT2D eigenvalue weighted by Gasteiger charge is -2.34. The Morgan fingerprint density at radius 1 is 1.09 bits per heavy atom. The Balaban J connectivity index is 1.23. The van der Waals surface area contributed by atoms with Crippen LogP contribution >= 0.6 is 11.6 Å². The van der Waals surface area contributed by atoms with Crippen molar-refractivity contribution in [2.75, 3.05) is 43.4 Å². The number of nitrogens with zero attached hydrogens (tertiary/aromatic N) is 5. The zero-order chi connectivity index (χ0) is 32.4. The predicted octanol–water partition coefficient (Wildman–Crippen LogP) is 5.81. The number of benzene rings is 1. The van der Waals surface area contributed by atoms with E-state index in [4.69, 9.17) is 22.1 Å². The molecule has 2 aromatic heterocycles. The molecule has 16 heteroatoms. The minimum absolute atomic E-state index is 0.00946. The largest absolute Gasteiger partial charge is 0.461 e. The summed E-state index contributed by atoms with van der Waals surface area (Å²) in [6.07, 6.45) is -0.585. The van der Waals surface area contributed by atoms with Crippen LogP contribution in [0.4, 0.5) is 42.2 Å². The maximum Gasteiger partial charge on any atom is 0.418 e. The maximum atomic E-state index is 16.5. The van der Waals surface area contributed by atoms with E-state index >= 15 is 4.39 Å². The lowest BCUT2D eigenvalue weighted by Crippen LogP contribution is -2.51. The van der Waals surface area contributed by atoms with Gasteiger partial charge < -0.3 is 20.7 Å². The summed E-state index contributed by atoms with van der Waals surface area (Å²) in [4.78, 5) is 17.0. The molecule has 46 heavy (non-hydrogen) atoms. The fraction of sp³-hybridized carbons (Fsp3) is 0.567. The zero-order valence-corrected chi connectivity index (χ0v) is 25.1. The van der Waals surface area contributed by atoms with Gasteiger partial charge in [0.1, 0.15) is 23.6 Å². The van der Waals surface area contributed by atoms with Crippen molar-refractivity contribution in [1.82, 2.24) is 25.2 Å². The van der Waals surface area contributed by atoms with Crippen molar-refractivity contribution in [3.05, 3.63) is 34.5 Å². The normalized spacial score (nSPS) is 30.0. The molecule has 3 aromatic rings. The number of alkyl halides is 5. The van der Waals surface area contributed by atoms with Crippen molar-refractivity contribution in [3.63, 3.8) is 0 Å². The predicted molar refractivity (Wildman–Crippen MR) is 155 cm³/mol. The summed E-state index contributed by atoms with van der Waals surface area (Å²) in [5, 5.41) is 2.34. The third kappa shape index (κ3) is 4.51. The highest BCUT2D eigenvalue weighted by atomic mass is 35.5. The second-order valence-corrected chi connectivity index (χ2v) is 13.8. The quantitative estimate of drug-likeness (QED) is 0.260. The Labute approximate surface area is 263 Å². The van der Waals surface area contributed by atoms with Crippen molar-refractivity contribution < 1.29 is 35.5 Å². The molecule has 0 amide bonds. The molecule has 0 radical (unpaired) electrons. The second-order valence-electron chi connectivity index (χ2n) is 13.4. The highest BCUT2D eigenvalue weighted by Crippen LogP contribution is 2.69. The van der Waals surface area contributed by atoms with Gasteiger partial charge in [0.2, 0.25) is 0 Å². The molecule has 1 aliphatic carbocycles. The first-order valence-electron chi connectivity index (χ1n) is 15.2. The number of aromatic nitrogens is 3.